The Hall–Kier alpha value is -0.970. The van der Waals surface area contributed by atoms with Crippen molar-refractivity contribution in [3.05, 3.63) is 30.1 Å². The van der Waals surface area contributed by atoms with E-state index in [4.69, 9.17) is 4.74 Å². The van der Waals surface area contributed by atoms with Crippen LogP contribution in [0.4, 0.5) is 0 Å². The predicted octanol–water partition coefficient (Wildman–Crippen LogP) is 1.24. The van der Waals surface area contributed by atoms with Gasteiger partial charge in [-0.15, -0.1) is 0 Å². The number of nitrogens with zero attached hydrogens (tertiary/aromatic N) is 3. The third-order valence-corrected chi connectivity index (χ3v) is 4.13. The van der Waals surface area contributed by atoms with Gasteiger partial charge in [-0.3, -0.25) is 9.88 Å². The van der Waals surface area contributed by atoms with Crippen LogP contribution in [0.5, 0.6) is 0 Å². The van der Waals surface area contributed by atoms with Gasteiger partial charge in [0.25, 0.3) is 0 Å². The van der Waals surface area contributed by atoms with E-state index in [1.165, 1.54) is 44.7 Å². The molecule has 0 aliphatic carbocycles. The summed E-state index contributed by atoms with van der Waals surface area (Å²) in [5, 5.41) is 0. The van der Waals surface area contributed by atoms with Gasteiger partial charge in [0.2, 0.25) is 0 Å². The number of pyridine rings is 1. The molecule has 1 unspecified atom stereocenters. The first kappa shape index (κ1) is 13.0. The molecule has 3 rings (SSSR count). The number of piperazine rings is 1. The van der Waals surface area contributed by atoms with Gasteiger partial charge in [0, 0.05) is 58.3 Å². The van der Waals surface area contributed by atoms with Crippen molar-refractivity contribution in [2.45, 2.75) is 13.0 Å². The van der Waals surface area contributed by atoms with Crippen LogP contribution in [0.15, 0.2) is 24.5 Å². The van der Waals surface area contributed by atoms with E-state index in [2.05, 4.69) is 20.9 Å². The predicted molar refractivity (Wildman–Crippen MR) is 74.9 cm³/mol. The van der Waals surface area contributed by atoms with Crippen molar-refractivity contribution in [2.24, 2.45) is 5.92 Å². The maximum atomic E-state index is 5.45. The van der Waals surface area contributed by atoms with E-state index >= 15 is 0 Å². The highest BCUT2D eigenvalue weighted by molar-refractivity contribution is 5.08. The van der Waals surface area contributed by atoms with E-state index in [1.807, 2.05) is 18.5 Å². The first-order chi connectivity index (χ1) is 9.40. The van der Waals surface area contributed by atoms with Gasteiger partial charge in [0.15, 0.2) is 0 Å². The molecule has 1 atom stereocenters. The summed E-state index contributed by atoms with van der Waals surface area (Å²) < 4.78 is 5.45. The topological polar surface area (TPSA) is 28.6 Å². The van der Waals surface area contributed by atoms with Gasteiger partial charge in [-0.25, -0.2) is 0 Å². The maximum Gasteiger partial charge on any atom is 0.0507 e. The third-order valence-electron chi connectivity index (χ3n) is 4.13. The summed E-state index contributed by atoms with van der Waals surface area (Å²) >= 11 is 0. The summed E-state index contributed by atoms with van der Waals surface area (Å²) in [6.45, 7) is 8.91. The molecule has 1 aromatic heterocycles. The normalized spacial score (nSPS) is 25.8. The second kappa shape index (κ2) is 6.46. The van der Waals surface area contributed by atoms with Crippen LogP contribution < -0.4 is 0 Å². The van der Waals surface area contributed by atoms with E-state index in [0.717, 1.165) is 25.7 Å². The smallest absolute Gasteiger partial charge is 0.0507 e. The molecule has 2 fully saturated rings. The number of hydrogen-bond donors (Lipinski definition) is 0. The highest BCUT2D eigenvalue weighted by atomic mass is 16.5. The zero-order valence-corrected chi connectivity index (χ0v) is 11.5. The lowest BCUT2D eigenvalue weighted by Crippen LogP contribution is -2.47. The summed E-state index contributed by atoms with van der Waals surface area (Å²) in [4.78, 5) is 9.31. The zero-order valence-electron chi connectivity index (χ0n) is 11.5. The lowest BCUT2D eigenvalue weighted by atomic mass is 10.1. The van der Waals surface area contributed by atoms with Gasteiger partial charge in [-0.2, -0.15) is 0 Å². The summed E-state index contributed by atoms with van der Waals surface area (Å²) in [5.74, 6) is 0.768. The van der Waals surface area contributed by atoms with Crippen molar-refractivity contribution in [3.63, 3.8) is 0 Å². The molecule has 0 bridgehead atoms. The summed E-state index contributed by atoms with van der Waals surface area (Å²) in [6, 6.07) is 4.18. The molecule has 19 heavy (non-hydrogen) atoms. The molecule has 4 nitrogen and oxygen atoms in total. The lowest BCUT2D eigenvalue weighted by Gasteiger charge is -2.35. The Morgan fingerprint density at radius 3 is 2.74 bits per heavy atom. The highest BCUT2D eigenvalue weighted by Crippen LogP contribution is 2.15. The van der Waals surface area contributed by atoms with Crippen molar-refractivity contribution in [1.82, 2.24) is 14.8 Å². The Balaban J connectivity index is 1.41. The second-order valence-corrected chi connectivity index (χ2v) is 5.67. The van der Waals surface area contributed by atoms with Crippen LogP contribution in [0.3, 0.4) is 0 Å². The van der Waals surface area contributed by atoms with Crippen molar-refractivity contribution >= 4 is 0 Å². The number of aromatic nitrogens is 1. The lowest BCUT2D eigenvalue weighted by molar-refractivity contribution is 0.107. The molecule has 4 heteroatoms. The van der Waals surface area contributed by atoms with E-state index < -0.39 is 0 Å². The molecule has 0 spiro atoms. The number of ether oxygens (including phenoxy) is 1. The Kier molecular flexibility index (Phi) is 4.43. The molecule has 2 saturated heterocycles. The van der Waals surface area contributed by atoms with Gasteiger partial charge in [0.05, 0.1) is 6.61 Å². The number of rotatable bonds is 4. The molecule has 1 aromatic rings. The molecule has 0 N–H and O–H groups in total. The Morgan fingerprint density at radius 1 is 1.21 bits per heavy atom. The fourth-order valence-corrected chi connectivity index (χ4v) is 2.97. The fourth-order valence-electron chi connectivity index (χ4n) is 2.97. The van der Waals surface area contributed by atoms with Crippen LogP contribution in [0.2, 0.25) is 0 Å². The summed E-state index contributed by atoms with van der Waals surface area (Å²) in [5.41, 5.74) is 1.32. The molecule has 0 saturated carbocycles. The average molecular weight is 261 g/mol. The van der Waals surface area contributed by atoms with E-state index in [1.54, 1.807) is 0 Å². The largest absolute Gasteiger partial charge is 0.381 e. The van der Waals surface area contributed by atoms with Gasteiger partial charge >= 0.3 is 0 Å². The van der Waals surface area contributed by atoms with Crippen LogP contribution in [-0.4, -0.2) is 60.7 Å². The minimum Gasteiger partial charge on any atom is -0.381 e. The zero-order chi connectivity index (χ0) is 12.9. The third kappa shape index (κ3) is 3.75. The SMILES string of the molecule is c1cncc(CN2CCN(CC3CCOC3)CC2)c1. The molecule has 0 amide bonds. The minimum atomic E-state index is 0.768. The molecule has 104 valence electrons. The highest BCUT2D eigenvalue weighted by Gasteiger charge is 2.22. The first-order valence-corrected chi connectivity index (χ1v) is 7.31. The first-order valence-electron chi connectivity index (χ1n) is 7.31. The van der Waals surface area contributed by atoms with Crippen LogP contribution in [0, 0.1) is 5.92 Å². The summed E-state index contributed by atoms with van der Waals surface area (Å²) in [6.07, 6.45) is 5.06. The molecular formula is C15H23N3O. The quantitative estimate of drug-likeness (QED) is 0.815. The van der Waals surface area contributed by atoms with E-state index in [9.17, 15) is 0 Å². The Labute approximate surface area is 115 Å². The van der Waals surface area contributed by atoms with Crippen molar-refractivity contribution < 1.29 is 4.74 Å². The monoisotopic (exact) mass is 261 g/mol. The van der Waals surface area contributed by atoms with Gasteiger partial charge in [-0.05, 0) is 24.0 Å². The minimum absolute atomic E-state index is 0.768. The molecular weight excluding hydrogens is 238 g/mol. The van der Waals surface area contributed by atoms with E-state index in [-0.39, 0.29) is 0 Å². The van der Waals surface area contributed by atoms with Crippen molar-refractivity contribution in [1.29, 1.82) is 0 Å². The van der Waals surface area contributed by atoms with Crippen LogP contribution in [0.1, 0.15) is 12.0 Å². The average Bonchev–Trinajstić information content (AvgIpc) is 2.95. The molecule has 0 radical (unpaired) electrons. The standard InChI is InChI=1S/C15H23N3O/c1-2-14(10-16-4-1)11-17-5-7-18(8-6-17)12-15-3-9-19-13-15/h1-2,4,10,15H,3,5-9,11-13H2. The maximum absolute atomic E-state index is 5.45. The summed E-state index contributed by atoms with van der Waals surface area (Å²) in [7, 11) is 0. The van der Waals surface area contributed by atoms with Crippen LogP contribution >= 0.6 is 0 Å². The molecule has 2 aliphatic rings. The Bertz CT molecular complexity index is 370. The van der Waals surface area contributed by atoms with Crippen molar-refractivity contribution in [3.8, 4) is 0 Å². The Morgan fingerprint density at radius 2 is 2.05 bits per heavy atom. The second-order valence-electron chi connectivity index (χ2n) is 5.67. The fraction of sp³-hybridized carbons (Fsp3) is 0.667. The van der Waals surface area contributed by atoms with E-state index in [0.29, 0.717) is 0 Å². The van der Waals surface area contributed by atoms with Gasteiger partial charge < -0.3 is 9.64 Å². The molecule has 0 aromatic carbocycles. The number of hydrogen-bond acceptors (Lipinski definition) is 4. The van der Waals surface area contributed by atoms with Crippen LogP contribution in [0.25, 0.3) is 0 Å². The van der Waals surface area contributed by atoms with Crippen LogP contribution in [-0.2, 0) is 11.3 Å². The molecule has 3 heterocycles. The van der Waals surface area contributed by atoms with Crippen molar-refractivity contribution in [2.75, 3.05) is 45.9 Å². The van der Waals surface area contributed by atoms with Gasteiger partial charge in [0.1, 0.15) is 0 Å². The molecule has 2 aliphatic heterocycles. The van der Waals surface area contributed by atoms with Gasteiger partial charge in [-0.1, -0.05) is 6.07 Å².